The van der Waals surface area contributed by atoms with Crippen molar-refractivity contribution >= 4 is 11.5 Å². The van der Waals surface area contributed by atoms with Crippen LogP contribution in [0.25, 0.3) is 16.6 Å². The van der Waals surface area contributed by atoms with E-state index in [1.54, 1.807) is 15.4 Å². The van der Waals surface area contributed by atoms with Crippen LogP contribution in [0.15, 0.2) is 30.7 Å². The van der Waals surface area contributed by atoms with Crippen molar-refractivity contribution in [3.05, 3.63) is 42.0 Å². The molecule has 0 spiro atoms. The van der Waals surface area contributed by atoms with Crippen LogP contribution in [0.5, 0.6) is 0 Å². The van der Waals surface area contributed by atoms with Crippen molar-refractivity contribution in [1.29, 1.82) is 0 Å². The van der Waals surface area contributed by atoms with Gasteiger partial charge in [-0.2, -0.15) is 10.2 Å². The van der Waals surface area contributed by atoms with E-state index in [4.69, 9.17) is 4.74 Å². The van der Waals surface area contributed by atoms with Crippen LogP contribution in [0.3, 0.4) is 0 Å². The Hall–Kier alpha value is -2.67. The summed E-state index contributed by atoms with van der Waals surface area (Å²) in [5.74, 6) is -0.418. The number of aliphatic hydroxyl groups excluding tert-OH is 1. The molecular formula is C16H18N4O3. The molecule has 7 nitrogen and oxygen atoms in total. The maximum atomic E-state index is 11.8. The van der Waals surface area contributed by atoms with Crippen LogP contribution in [0.4, 0.5) is 0 Å². The minimum atomic E-state index is -0.418. The van der Waals surface area contributed by atoms with Gasteiger partial charge in [0, 0.05) is 18.0 Å². The first kappa shape index (κ1) is 15.2. The van der Waals surface area contributed by atoms with Gasteiger partial charge in [-0.3, -0.25) is 4.68 Å². The van der Waals surface area contributed by atoms with E-state index in [0.29, 0.717) is 11.1 Å². The summed E-state index contributed by atoms with van der Waals surface area (Å²) in [7, 11) is 1.35. The molecule has 0 radical (unpaired) electrons. The lowest BCUT2D eigenvalue weighted by Gasteiger charge is -2.07. The molecule has 0 saturated heterocycles. The average molecular weight is 314 g/mol. The smallest absolute Gasteiger partial charge is 0.341 e. The predicted molar refractivity (Wildman–Crippen MR) is 84.3 cm³/mol. The number of aliphatic hydroxyl groups is 1. The van der Waals surface area contributed by atoms with Crippen LogP contribution in [0.2, 0.25) is 0 Å². The normalized spacial score (nSPS) is 12.5. The van der Waals surface area contributed by atoms with Crippen molar-refractivity contribution in [3.8, 4) is 11.1 Å². The molecule has 7 heteroatoms. The SMILES string of the molecule is COC(=O)c1cnn2ccc(-c3cn(C(C)CO)nc3C)cc12. The van der Waals surface area contributed by atoms with Gasteiger partial charge in [0.1, 0.15) is 5.56 Å². The van der Waals surface area contributed by atoms with Gasteiger partial charge < -0.3 is 9.84 Å². The number of nitrogens with zero attached hydrogens (tertiary/aromatic N) is 4. The predicted octanol–water partition coefficient (Wildman–Crippen LogP) is 1.85. The quantitative estimate of drug-likeness (QED) is 0.743. The highest BCUT2D eigenvalue weighted by Gasteiger charge is 2.16. The van der Waals surface area contributed by atoms with Crippen LogP contribution in [0.1, 0.15) is 29.0 Å². The van der Waals surface area contributed by atoms with E-state index in [0.717, 1.165) is 16.8 Å². The Labute approximate surface area is 133 Å². The molecule has 0 aliphatic heterocycles. The van der Waals surface area contributed by atoms with Crippen molar-refractivity contribution in [1.82, 2.24) is 19.4 Å². The summed E-state index contributed by atoms with van der Waals surface area (Å²) in [5.41, 5.74) is 3.83. The second kappa shape index (κ2) is 5.85. The zero-order valence-electron chi connectivity index (χ0n) is 13.2. The van der Waals surface area contributed by atoms with E-state index in [1.165, 1.54) is 13.3 Å². The number of methoxy groups -OCH3 is 1. The molecule has 1 unspecified atom stereocenters. The molecule has 1 atom stereocenters. The molecule has 1 N–H and O–H groups in total. The Morgan fingerprint density at radius 2 is 2.26 bits per heavy atom. The fraction of sp³-hybridized carbons (Fsp3) is 0.312. The van der Waals surface area contributed by atoms with Crippen LogP contribution in [0, 0.1) is 6.92 Å². The van der Waals surface area contributed by atoms with E-state index < -0.39 is 5.97 Å². The lowest BCUT2D eigenvalue weighted by Crippen LogP contribution is -2.09. The second-order valence-corrected chi connectivity index (χ2v) is 5.43. The molecule has 120 valence electrons. The Morgan fingerprint density at radius 3 is 2.96 bits per heavy atom. The number of ether oxygens (including phenoxy) is 1. The van der Waals surface area contributed by atoms with Crippen LogP contribution < -0.4 is 0 Å². The summed E-state index contributed by atoms with van der Waals surface area (Å²) in [6, 6.07) is 3.71. The topological polar surface area (TPSA) is 81.6 Å². The fourth-order valence-corrected chi connectivity index (χ4v) is 2.49. The van der Waals surface area contributed by atoms with Crippen molar-refractivity contribution in [3.63, 3.8) is 0 Å². The third-order valence-corrected chi connectivity index (χ3v) is 3.87. The van der Waals surface area contributed by atoms with Crippen LogP contribution in [-0.2, 0) is 4.74 Å². The highest BCUT2D eigenvalue weighted by Crippen LogP contribution is 2.26. The lowest BCUT2D eigenvalue weighted by molar-refractivity contribution is 0.0603. The van der Waals surface area contributed by atoms with Gasteiger partial charge in [0.05, 0.1) is 37.2 Å². The lowest BCUT2D eigenvalue weighted by atomic mass is 10.1. The molecule has 0 fully saturated rings. The monoisotopic (exact) mass is 314 g/mol. The number of pyridine rings is 1. The fourth-order valence-electron chi connectivity index (χ4n) is 2.49. The van der Waals surface area contributed by atoms with Gasteiger partial charge in [-0.15, -0.1) is 0 Å². The molecule has 0 aromatic carbocycles. The van der Waals surface area contributed by atoms with Gasteiger partial charge in [-0.05, 0) is 31.5 Å². The van der Waals surface area contributed by atoms with Gasteiger partial charge in [-0.1, -0.05) is 0 Å². The standard InChI is InChI=1S/C16H18N4O3/c1-10(9-21)20-8-14(11(2)18-20)12-4-5-19-15(6-12)13(7-17-19)16(22)23-3/h4-8,10,21H,9H2,1-3H3. The number of carbonyl (C=O) groups is 1. The highest BCUT2D eigenvalue weighted by atomic mass is 16.5. The van der Waals surface area contributed by atoms with Crippen molar-refractivity contribution in [2.45, 2.75) is 19.9 Å². The Bertz CT molecular complexity index is 865. The number of hydrogen-bond acceptors (Lipinski definition) is 5. The van der Waals surface area contributed by atoms with Gasteiger partial charge in [0.15, 0.2) is 0 Å². The maximum Gasteiger partial charge on any atom is 0.341 e. The second-order valence-electron chi connectivity index (χ2n) is 5.43. The molecule has 3 rings (SSSR count). The van der Waals surface area contributed by atoms with Crippen LogP contribution in [-0.4, -0.2) is 44.2 Å². The van der Waals surface area contributed by atoms with Gasteiger partial charge in [0.25, 0.3) is 0 Å². The summed E-state index contributed by atoms with van der Waals surface area (Å²) in [6.07, 6.45) is 5.19. The molecule has 0 aliphatic carbocycles. The number of fused-ring (bicyclic) bond motifs is 1. The summed E-state index contributed by atoms with van der Waals surface area (Å²) >= 11 is 0. The summed E-state index contributed by atoms with van der Waals surface area (Å²) in [6.45, 7) is 3.83. The Kier molecular flexibility index (Phi) is 3.87. The number of rotatable bonds is 4. The first-order valence-corrected chi connectivity index (χ1v) is 7.28. The zero-order valence-corrected chi connectivity index (χ0v) is 13.2. The average Bonchev–Trinajstić information content (AvgIpc) is 3.16. The number of aromatic nitrogens is 4. The minimum absolute atomic E-state index is 0.0225. The zero-order chi connectivity index (χ0) is 16.6. The van der Waals surface area contributed by atoms with E-state index >= 15 is 0 Å². The van der Waals surface area contributed by atoms with Crippen molar-refractivity contribution in [2.75, 3.05) is 13.7 Å². The number of hydrogen-bond donors (Lipinski definition) is 1. The number of carbonyl (C=O) groups excluding carboxylic acids is 1. The van der Waals surface area contributed by atoms with E-state index in [1.807, 2.05) is 32.2 Å². The first-order chi connectivity index (χ1) is 11.0. The summed E-state index contributed by atoms with van der Waals surface area (Å²) < 4.78 is 8.16. The first-order valence-electron chi connectivity index (χ1n) is 7.28. The molecule has 3 aromatic heterocycles. The van der Waals surface area contributed by atoms with Crippen LogP contribution >= 0.6 is 0 Å². The molecule has 0 saturated carbocycles. The summed E-state index contributed by atoms with van der Waals surface area (Å²) in [4.78, 5) is 11.8. The molecule has 0 amide bonds. The molecule has 23 heavy (non-hydrogen) atoms. The molecule has 3 aromatic rings. The van der Waals surface area contributed by atoms with E-state index in [2.05, 4.69) is 10.2 Å². The number of esters is 1. The molecule has 0 aliphatic rings. The maximum absolute atomic E-state index is 11.8. The molecule has 0 bridgehead atoms. The van der Waals surface area contributed by atoms with Gasteiger partial charge >= 0.3 is 5.97 Å². The van der Waals surface area contributed by atoms with E-state index in [-0.39, 0.29) is 12.6 Å². The molecular weight excluding hydrogens is 296 g/mol. The number of aryl methyl sites for hydroxylation is 1. The Balaban J connectivity index is 2.10. The summed E-state index contributed by atoms with van der Waals surface area (Å²) in [5, 5.41) is 17.9. The molecule has 3 heterocycles. The van der Waals surface area contributed by atoms with Crippen molar-refractivity contribution < 1.29 is 14.6 Å². The van der Waals surface area contributed by atoms with E-state index in [9.17, 15) is 9.90 Å². The minimum Gasteiger partial charge on any atom is -0.465 e. The third kappa shape index (κ3) is 2.59. The largest absolute Gasteiger partial charge is 0.465 e. The van der Waals surface area contributed by atoms with Gasteiger partial charge in [-0.25, -0.2) is 9.31 Å². The Morgan fingerprint density at radius 1 is 1.48 bits per heavy atom. The highest BCUT2D eigenvalue weighted by molar-refractivity contribution is 5.97. The van der Waals surface area contributed by atoms with Crippen molar-refractivity contribution in [2.24, 2.45) is 0 Å². The van der Waals surface area contributed by atoms with Gasteiger partial charge in [0.2, 0.25) is 0 Å². The third-order valence-electron chi connectivity index (χ3n) is 3.87.